The summed E-state index contributed by atoms with van der Waals surface area (Å²) in [5.74, 6) is 2.21. The van der Waals surface area contributed by atoms with Crippen LogP contribution in [0.3, 0.4) is 0 Å². The molecule has 3 aromatic carbocycles. The quantitative estimate of drug-likeness (QED) is 0.249. The fourth-order valence-corrected chi connectivity index (χ4v) is 5.42. The van der Waals surface area contributed by atoms with Crippen molar-refractivity contribution in [2.45, 2.75) is 57.2 Å². The molecule has 3 aromatic rings. The first-order valence-corrected chi connectivity index (χ1v) is 14.5. The minimum atomic E-state index is -0.462. The smallest absolute Gasteiger partial charge is 0.407 e. The van der Waals surface area contributed by atoms with Gasteiger partial charge in [-0.3, -0.25) is 9.69 Å². The number of para-hydroxylation sites is 2. The van der Waals surface area contributed by atoms with Crippen molar-refractivity contribution in [2.75, 3.05) is 24.1 Å². The monoisotopic (exact) mass is 538 g/mol. The number of carbonyl (C=O) groups is 2. The molecule has 40 heavy (non-hydrogen) atoms. The van der Waals surface area contributed by atoms with Gasteiger partial charge in [-0.25, -0.2) is 4.79 Å². The molecule has 0 aromatic heterocycles. The van der Waals surface area contributed by atoms with E-state index in [1.165, 1.54) is 50.8 Å². The van der Waals surface area contributed by atoms with Gasteiger partial charge in [-0.15, -0.1) is 0 Å². The predicted octanol–water partition coefficient (Wildman–Crippen LogP) is 5.93. The Bertz CT molecular complexity index is 1340. The van der Waals surface area contributed by atoms with Gasteiger partial charge >= 0.3 is 6.09 Å². The number of carbonyl (C=O) groups excluding carboxylic acids is 2. The van der Waals surface area contributed by atoms with Gasteiger partial charge < -0.3 is 21.1 Å². The minimum absolute atomic E-state index is 0.241. The maximum atomic E-state index is 12.5. The second kappa shape index (κ2) is 11.7. The van der Waals surface area contributed by atoms with Crippen LogP contribution in [-0.4, -0.2) is 36.0 Å². The van der Waals surface area contributed by atoms with Gasteiger partial charge in [0, 0.05) is 37.2 Å². The van der Waals surface area contributed by atoms with E-state index in [0.29, 0.717) is 35.4 Å². The first kappa shape index (κ1) is 26.4. The fraction of sp³-hybridized carbons (Fsp3) is 0.394. The first-order chi connectivity index (χ1) is 19.5. The maximum Gasteiger partial charge on any atom is 0.407 e. The molecule has 0 aliphatic heterocycles. The van der Waals surface area contributed by atoms with Gasteiger partial charge in [0.05, 0.1) is 11.4 Å². The Morgan fingerprint density at radius 3 is 2.30 bits per heavy atom. The van der Waals surface area contributed by atoms with Crippen LogP contribution in [0.25, 0.3) is 0 Å². The zero-order valence-electron chi connectivity index (χ0n) is 22.9. The molecule has 3 aliphatic carbocycles. The number of hydrogen-bond acceptors (Lipinski definition) is 5. The third-order valence-electron chi connectivity index (χ3n) is 8.22. The highest BCUT2D eigenvalue weighted by Gasteiger charge is 2.45. The second-order valence-electron chi connectivity index (χ2n) is 11.7. The van der Waals surface area contributed by atoms with Crippen molar-refractivity contribution in [3.8, 4) is 0 Å². The van der Waals surface area contributed by atoms with Gasteiger partial charge in [0.25, 0.3) is 5.91 Å². The summed E-state index contributed by atoms with van der Waals surface area (Å²) >= 11 is 0. The molecule has 0 spiro atoms. The summed E-state index contributed by atoms with van der Waals surface area (Å²) in [7, 11) is 0. The number of nitrogens with zero attached hydrogens (tertiary/aromatic N) is 1. The number of hydrogen-bond donors (Lipinski definition) is 3. The molecule has 3 fully saturated rings. The highest BCUT2D eigenvalue weighted by molar-refractivity contribution is 6.05. The van der Waals surface area contributed by atoms with Crippen LogP contribution in [0.1, 0.15) is 65.1 Å². The van der Waals surface area contributed by atoms with Crippen LogP contribution in [0, 0.1) is 11.8 Å². The largest absolute Gasteiger partial charge is 0.445 e. The maximum absolute atomic E-state index is 12.5. The standard InChI is InChI=1S/C33H38N4O3/c34-29-6-1-2-7-30(29)36-32(38)26-14-12-22(13-15-26)18-35-33(39)40-21-25-4-3-5-27(16-25)28-17-31(28)37(19-23-8-9-23)20-24-10-11-24/h1-7,12-16,23-24,28,31H,8-11,17-21,34H2,(H,35,39)(H,36,38)/t28-,31?/m1/s1. The highest BCUT2D eigenvalue weighted by Crippen LogP contribution is 2.47. The summed E-state index contributed by atoms with van der Waals surface area (Å²) in [4.78, 5) is 27.7. The molecule has 3 saturated carbocycles. The van der Waals surface area contributed by atoms with E-state index in [4.69, 9.17) is 10.5 Å². The molecule has 7 nitrogen and oxygen atoms in total. The Balaban J connectivity index is 0.950. The van der Waals surface area contributed by atoms with E-state index < -0.39 is 6.09 Å². The van der Waals surface area contributed by atoms with E-state index in [0.717, 1.165) is 23.0 Å². The lowest BCUT2D eigenvalue weighted by Gasteiger charge is -2.22. The van der Waals surface area contributed by atoms with E-state index in [1.807, 2.05) is 30.3 Å². The fourth-order valence-electron chi connectivity index (χ4n) is 5.42. The van der Waals surface area contributed by atoms with Crippen LogP contribution in [-0.2, 0) is 17.9 Å². The molecule has 0 saturated heterocycles. The van der Waals surface area contributed by atoms with E-state index in [9.17, 15) is 9.59 Å². The lowest BCUT2D eigenvalue weighted by Crippen LogP contribution is -2.31. The zero-order chi connectivity index (χ0) is 27.5. The van der Waals surface area contributed by atoms with Gasteiger partial charge in [-0.2, -0.15) is 0 Å². The number of anilines is 2. The van der Waals surface area contributed by atoms with Crippen molar-refractivity contribution in [2.24, 2.45) is 11.8 Å². The van der Waals surface area contributed by atoms with Crippen molar-refractivity contribution in [1.29, 1.82) is 0 Å². The van der Waals surface area contributed by atoms with Crippen molar-refractivity contribution in [1.82, 2.24) is 10.2 Å². The Labute approximate surface area is 236 Å². The average Bonchev–Trinajstić information content (AvgIpc) is 3.82. The van der Waals surface area contributed by atoms with Crippen LogP contribution in [0.15, 0.2) is 72.8 Å². The summed E-state index contributed by atoms with van der Waals surface area (Å²) in [6.45, 7) is 3.11. The molecule has 1 unspecified atom stereocenters. The number of nitrogen functional groups attached to an aromatic ring is 1. The van der Waals surface area contributed by atoms with E-state index in [-0.39, 0.29) is 12.5 Å². The predicted molar refractivity (Wildman–Crippen MR) is 157 cm³/mol. The second-order valence-corrected chi connectivity index (χ2v) is 11.7. The van der Waals surface area contributed by atoms with Gasteiger partial charge in [-0.1, -0.05) is 48.5 Å². The molecule has 0 heterocycles. The van der Waals surface area contributed by atoms with Crippen LogP contribution >= 0.6 is 0 Å². The summed E-state index contributed by atoms with van der Waals surface area (Å²) in [5, 5.41) is 5.61. The third kappa shape index (κ3) is 7.02. The minimum Gasteiger partial charge on any atom is -0.445 e. The lowest BCUT2D eigenvalue weighted by atomic mass is 10.1. The summed E-state index contributed by atoms with van der Waals surface area (Å²) < 4.78 is 5.50. The molecule has 2 atom stereocenters. The van der Waals surface area contributed by atoms with Crippen LogP contribution in [0.4, 0.5) is 16.2 Å². The van der Waals surface area contributed by atoms with E-state index in [2.05, 4.69) is 33.7 Å². The van der Waals surface area contributed by atoms with Gasteiger partial charge in [0.2, 0.25) is 0 Å². The third-order valence-corrected chi connectivity index (χ3v) is 8.22. The van der Waals surface area contributed by atoms with Crippen molar-refractivity contribution < 1.29 is 14.3 Å². The molecule has 208 valence electrons. The summed E-state index contributed by atoms with van der Waals surface area (Å²) in [5.41, 5.74) is 10.8. The lowest BCUT2D eigenvalue weighted by molar-refractivity contribution is 0.102. The Morgan fingerprint density at radius 2 is 1.60 bits per heavy atom. The SMILES string of the molecule is Nc1ccccc1NC(=O)c1ccc(CNC(=O)OCc2cccc([C@H]3CC3N(CC3CC3)CC3CC3)c2)cc1. The number of amides is 2. The Kier molecular flexibility index (Phi) is 7.73. The number of rotatable bonds is 12. The van der Waals surface area contributed by atoms with Gasteiger partial charge in [0.1, 0.15) is 6.61 Å². The number of alkyl carbamates (subject to hydrolysis) is 1. The summed E-state index contributed by atoms with van der Waals surface area (Å²) in [6, 6.07) is 23.4. The average molecular weight is 539 g/mol. The van der Waals surface area contributed by atoms with Gasteiger partial charge in [-0.05, 0) is 84.9 Å². The van der Waals surface area contributed by atoms with Gasteiger partial charge in [0.15, 0.2) is 0 Å². The van der Waals surface area contributed by atoms with Crippen LogP contribution < -0.4 is 16.4 Å². The molecule has 6 rings (SSSR count). The first-order valence-electron chi connectivity index (χ1n) is 14.5. The molecule has 3 aliphatic rings. The molecule has 0 radical (unpaired) electrons. The molecular weight excluding hydrogens is 500 g/mol. The summed E-state index contributed by atoms with van der Waals surface area (Å²) in [6.07, 6.45) is 6.39. The zero-order valence-corrected chi connectivity index (χ0v) is 22.9. The number of nitrogens with two attached hydrogens (primary N) is 1. The van der Waals surface area contributed by atoms with Crippen LogP contribution in [0.5, 0.6) is 0 Å². The van der Waals surface area contributed by atoms with Crippen LogP contribution in [0.2, 0.25) is 0 Å². The van der Waals surface area contributed by atoms with Crippen molar-refractivity contribution >= 4 is 23.4 Å². The number of benzene rings is 3. The number of nitrogens with one attached hydrogen (secondary N) is 2. The Morgan fingerprint density at radius 1 is 0.875 bits per heavy atom. The van der Waals surface area contributed by atoms with E-state index >= 15 is 0 Å². The molecule has 0 bridgehead atoms. The highest BCUT2D eigenvalue weighted by atomic mass is 16.5. The van der Waals surface area contributed by atoms with Crippen molar-refractivity contribution in [3.63, 3.8) is 0 Å². The van der Waals surface area contributed by atoms with E-state index in [1.54, 1.807) is 24.3 Å². The topological polar surface area (TPSA) is 96.7 Å². The molecule has 4 N–H and O–H groups in total. The Hall–Kier alpha value is -3.84. The molecule has 2 amide bonds. The van der Waals surface area contributed by atoms with Crippen molar-refractivity contribution in [3.05, 3.63) is 95.1 Å². The number of ether oxygens (including phenoxy) is 1. The normalized spacial score (nSPS) is 19.7. The molecular formula is C33H38N4O3. The molecule has 7 heteroatoms.